The molecule has 3 rings (SSSR count). The summed E-state index contributed by atoms with van der Waals surface area (Å²) in [4.78, 5) is 3.46. The lowest BCUT2D eigenvalue weighted by atomic mass is 9.92. The van der Waals surface area contributed by atoms with E-state index >= 15 is 0 Å². The van der Waals surface area contributed by atoms with Gasteiger partial charge < -0.3 is 4.42 Å². The Balaban J connectivity index is 1.67. The average Bonchev–Trinajstić information content (AvgIpc) is 2.96. The summed E-state index contributed by atoms with van der Waals surface area (Å²) in [6.45, 7) is 7.65. The molecule has 0 saturated carbocycles. The molecule has 0 bridgehead atoms. The van der Waals surface area contributed by atoms with Gasteiger partial charge in [0.15, 0.2) is 0 Å². The highest BCUT2D eigenvalue weighted by Crippen LogP contribution is 2.25. The van der Waals surface area contributed by atoms with Crippen molar-refractivity contribution in [1.29, 1.82) is 0 Å². The maximum atomic E-state index is 5.75. The fraction of sp³-hybridized carbons (Fsp3) is 0.571. The molecule has 102 valence electrons. The van der Waals surface area contributed by atoms with Crippen LogP contribution in [-0.4, -0.2) is 28.2 Å². The van der Waals surface area contributed by atoms with Crippen LogP contribution in [0.5, 0.6) is 0 Å². The van der Waals surface area contributed by atoms with Crippen LogP contribution in [0.3, 0.4) is 0 Å². The summed E-state index contributed by atoms with van der Waals surface area (Å²) in [6.07, 6.45) is 1.32. The summed E-state index contributed by atoms with van der Waals surface area (Å²) >= 11 is 1.63. The number of likely N-dealkylation sites (tertiary alicyclic amines) is 1. The lowest BCUT2D eigenvalue weighted by molar-refractivity contribution is 0.124. The fourth-order valence-corrected chi connectivity index (χ4v) is 3.57. The van der Waals surface area contributed by atoms with Crippen molar-refractivity contribution < 1.29 is 4.42 Å². The van der Waals surface area contributed by atoms with Crippen LogP contribution in [0.2, 0.25) is 0 Å². The lowest BCUT2D eigenvalue weighted by Crippen LogP contribution is -2.38. The van der Waals surface area contributed by atoms with E-state index in [2.05, 4.69) is 28.9 Å². The topological polar surface area (TPSA) is 42.2 Å². The van der Waals surface area contributed by atoms with Crippen LogP contribution in [0.25, 0.3) is 10.8 Å². The molecule has 1 aliphatic heterocycles. The minimum atomic E-state index is 0.642. The van der Waals surface area contributed by atoms with E-state index in [1.165, 1.54) is 6.42 Å². The molecule has 2 atom stereocenters. The molecule has 4 nitrogen and oxygen atoms in total. The molecule has 2 aromatic rings. The van der Waals surface area contributed by atoms with Gasteiger partial charge in [0.05, 0.1) is 11.4 Å². The summed E-state index contributed by atoms with van der Waals surface area (Å²) in [5.41, 5.74) is 0. The van der Waals surface area contributed by atoms with Gasteiger partial charge >= 0.3 is 0 Å². The standard InChI is InChI=1S/C14H19N3OS/c1-10-6-11(2)8-17(7-10)9-13-15-16-14(18-13)12-4-3-5-19-12/h3-5,10-11H,6-9H2,1-2H3/t10-,11+. The second-order valence-corrected chi connectivity index (χ2v) is 6.57. The van der Waals surface area contributed by atoms with Crippen LogP contribution < -0.4 is 0 Å². The van der Waals surface area contributed by atoms with E-state index in [1.807, 2.05) is 17.5 Å². The normalized spacial score (nSPS) is 24.7. The molecular weight excluding hydrogens is 258 g/mol. The van der Waals surface area contributed by atoms with E-state index in [-0.39, 0.29) is 0 Å². The monoisotopic (exact) mass is 277 g/mol. The predicted octanol–water partition coefficient (Wildman–Crippen LogP) is 3.28. The Morgan fingerprint density at radius 1 is 1.32 bits per heavy atom. The molecule has 3 heterocycles. The van der Waals surface area contributed by atoms with Gasteiger partial charge in [0, 0.05) is 13.1 Å². The Morgan fingerprint density at radius 3 is 2.79 bits per heavy atom. The van der Waals surface area contributed by atoms with Gasteiger partial charge in [-0.1, -0.05) is 19.9 Å². The number of thiophene rings is 1. The summed E-state index contributed by atoms with van der Waals surface area (Å²) < 4.78 is 5.75. The third-order valence-corrected chi connectivity index (χ3v) is 4.36. The van der Waals surface area contributed by atoms with Crippen LogP contribution >= 0.6 is 11.3 Å². The van der Waals surface area contributed by atoms with Crippen LogP contribution in [0, 0.1) is 11.8 Å². The first kappa shape index (κ1) is 12.8. The Labute approximate surface area is 117 Å². The maximum Gasteiger partial charge on any atom is 0.257 e. The van der Waals surface area contributed by atoms with Crippen LogP contribution in [0.1, 0.15) is 26.2 Å². The van der Waals surface area contributed by atoms with E-state index in [9.17, 15) is 0 Å². The van der Waals surface area contributed by atoms with Crippen molar-refractivity contribution in [2.24, 2.45) is 11.8 Å². The molecule has 0 amide bonds. The highest BCUT2D eigenvalue weighted by molar-refractivity contribution is 7.13. The van der Waals surface area contributed by atoms with Gasteiger partial charge in [-0.25, -0.2) is 0 Å². The van der Waals surface area contributed by atoms with Crippen LogP contribution in [-0.2, 0) is 6.54 Å². The van der Waals surface area contributed by atoms with Crippen molar-refractivity contribution in [2.45, 2.75) is 26.8 Å². The van der Waals surface area contributed by atoms with E-state index in [0.29, 0.717) is 5.89 Å². The van der Waals surface area contributed by atoms with Crippen molar-refractivity contribution in [3.63, 3.8) is 0 Å². The second kappa shape index (κ2) is 5.43. The third kappa shape index (κ3) is 3.04. The van der Waals surface area contributed by atoms with E-state index in [0.717, 1.165) is 42.2 Å². The smallest absolute Gasteiger partial charge is 0.257 e. The predicted molar refractivity (Wildman–Crippen MR) is 75.8 cm³/mol. The molecule has 0 radical (unpaired) electrons. The Hall–Kier alpha value is -1.20. The van der Waals surface area contributed by atoms with Crippen molar-refractivity contribution in [1.82, 2.24) is 15.1 Å². The van der Waals surface area contributed by atoms with Crippen LogP contribution in [0.4, 0.5) is 0 Å². The van der Waals surface area contributed by atoms with Gasteiger partial charge in [0.2, 0.25) is 5.89 Å². The quantitative estimate of drug-likeness (QED) is 0.863. The zero-order valence-corrected chi connectivity index (χ0v) is 12.2. The molecular formula is C14H19N3OS. The summed E-state index contributed by atoms with van der Waals surface area (Å²) in [5, 5.41) is 10.3. The first-order valence-electron chi connectivity index (χ1n) is 6.79. The van der Waals surface area contributed by atoms with Crippen molar-refractivity contribution in [3.05, 3.63) is 23.4 Å². The van der Waals surface area contributed by atoms with E-state index < -0.39 is 0 Å². The van der Waals surface area contributed by atoms with Gasteiger partial charge in [0.25, 0.3) is 5.89 Å². The number of aromatic nitrogens is 2. The summed E-state index contributed by atoms with van der Waals surface area (Å²) in [6, 6.07) is 4.00. The lowest BCUT2D eigenvalue weighted by Gasteiger charge is -2.33. The minimum Gasteiger partial charge on any atom is -0.419 e. The third-order valence-electron chi connectivity index (χ3n) is 3.50. The van der Waals surface area contributed by atoms with Crippen LogP contribution in [0.15, 0.2) is 21.9 Å². The van der Waals surface area contributed by atoms with E-state index in [4.69, 9.17) is 4.42 Å². The SMILES string of the molecule is C[C@@H]1C[C@H](C)CN(Cc2nnc(-c3cccs3)o2)C1. The molecule has 0 unspecified atom stereocenters. The Bertz CT molecular complexity index is 513. The van der Waals surface area contributed by atoms with Crippen molar-refractivity contribution in [2.75, 3.05) is 13.1 Å². The number of rotatable bonds is 3. The number of piperidine rings is 1. The molecule has 5 heteroatoms. The number of nitrogens with zero attached hydrogens (tertiary/aromatic N) is 3. The average molecular weight is 277 g/mol. The second-order valence-electron chi connectivity index (χ2n) is 5.62. The van der Waals surface area contributed by atoms with Gasteiger partial charge in [0.1, 0.15) is 0 Å². The molecule has 2 aromatic heterocycles. The molecule has 1 saturated heterocycles. The maximum absolute atomic E-state index is 5.75. The summed E-state index contributed by atoms with van der Waals surface area (Å²) in [7, 11) is 0. The van der Waals surface area contributed by atoms with Crippen molar-refractivity contribution in [3.8, 4) is 10.8 Å². The molecule has 0 spiro atoms. The van der Waals surface area contributed by atoms with E-state index in [1.54, 1.807) is 11.3 Å². The molecule has 1 aliphatic rings. The number of hydrogen-bond donors (Lipinski definition) is 0. The first-order valence-corrected chi connectivity index (χ1v) is 7.67. The first-order chi connectivity index (χ1) is 9.20. The molecule has 1 fully saturated rings. The van der Waals surface area contributed by atoms with Gasteiger partial charge in [-0.3, -0.25) is 4.90 Å². The highest BCUT2D eigenvalue weighted by atomic mass is 32.1. The van der Waals surface area contributed by atoms with Gasteiger partial charge in [-0.05, 0) is 29.7 Å². The highest BCUT2D eigenvalue weighted by Gasteiger charge is 2.23. The molecule has 0 aromatic carbocycles. The Kier molecular flexibility index (Phi) is 3.66. The van der Waals surface area contributed by atoms with Crippen molar-refractivity contribution >= 4 is 11.3 Å². The fourth-order valence-electron chi connectivity index (χ4n) is 2.93. The van der Waals surface area contributed by atoms with Gasteiger partial charge in [-0.2, -0.15) is 0 Å². The zero-order chi connectivity index (χ0) is 13.2. The molecule has 0 aliphatic carbocycles. The Morgan fingerprint density at radius 2 is 2.11 bits per heavy atom. The molecule has 0 N–H and O–H groups in total. The minimum absolute atomic E-state index is 0.642. The summed E-state index contributed by atoms with van der Waals surface area (Å²) in [5.74, 6) is 2.87. The van der Waals surface area contributed by atoms with Gasteiger partial charge in [-0.15, -0.1) is 21.5 Å². The largest absolute Gasteiger partial charge is 0.419 e. The molecule has 19 heavy (non-hydrogen) atoms. The number of hydrogen-bond acceptors (Lipinski definition) is 5. The zero-order valence-electron chi connectivity index (χ0n) is 11.4.